The molecule has 1 atom stereocenters. The lowest BCUT2D eigenvalue weighted by atomic mass is 10.0. The van der Waals surface area contributed by atoms with Crippen molar-refractivity contribution in [3.05, 3.63) is 34.1 Å². The molecule has 1 fully saturated rings. The Morgan fingerprint density at radius 1 is 1.58 bits per heavy atom. The summed E-state index contributed by atoms with van der Waals surface area (Å²) in [4.78, 5) is 0. The van der Waals surface area contributed by atoms with Crippen molar-refractivity contribution in [1.82, 2.24) is 0 Å². The van der Waals surface area contributed by atoms with Crippen molar-refractivity contribution in [2.24, 2.45) is 0 Å². The van der Waals surface area contributed by atoms with Crippen LogP contribution in [0.15, 0.2) is 22.7 Å². The van der Waals surface area contributed by atoms with Gasteiger partial charge >= 0.3 is 0 Å². The summed E-state index contributed by atoms with van der Waals surface area (Å²) in [6.45, 7) is 2.63. The summed E-state index contributed by atoms with van der Waals surface area (Å²) in [7, 11) is 0. The number of benzene rings is 1. The van der Waals surface area contributed by atoms with E-state index in [0.717, 1.165) is 5.56 Å². The van der Waals surface area contributed by atoms with Gasteiger partial charge in [-0.05, 0) is 28.9 Å². The number of ether oxygens (including phenoxy) is 1. The molecule has 0 radical (unpaired) electrons. The quantitative estimate of drug-likeness (QED) is 0.677. The highest BCUT2D eigenvalue weighted by Gasteiger charge is 2.42. The van der Waals surface area contributed by atoms with Crippen LogP contribution in [0.25, 0.3) is 0 Å². The molecule has 1 aliphatic heterocycles. The van der Waals surface area contributed by atoms with Crippen LogP contribution in [0.4, 0.5) is 4.39 Å². The summed E-state index contributed by atoms with van der Waals surface area (Å²) >= 11 is 3.20. The first kappa shape index (κ1) is 8.20. The van der Waals surface area contributed by atoms with Crippen molar-refractivity contribution in [2.45, 2.75) is 12.5 Å². The Balaban J connectivity index is 2.51. The average Bonchev–Trinajstić information content (AvgIpc) is 2.75. The maximum atomic E-state index is 13.0. The molecule has 1 aliphatic rings. The van der Waals surface area contributed by atoms with Crippen molar-refractivity contribution in [3.8, 4) is 0 Å². The summed E-state index contributed by atoms with van der Waals surface area (Å²) < 4.78 is 18.8. The Labute approximate surface area is 78.7 Å². The first-order valence-corrected chi connectivity index (χ1v) is 4.51. The second kappa shape index (κ2) is 2.54. The molecule has 0 N–H and O–H groups in total. The molecule has 0 bridgehead atoms. The largest absolute Gasteiger partial charge is 0.365 e. The number of epoxide rings is 1. The predicted molar refractivity (Wildman–Crippen MR) is 47.4 cm³/mol. The average molecular weight is 231 g/mol. The Morgan fingerprint density at radius 3 is 2.83 bits per heavy atom. The molecule has 64 valence electrons. The van der Waals surface area contributed by atoms with Gasteiger partial charge in [0, 0.05) is 5.56 Å². The van der Waals surface area contributed by atoms with Gasteiger partial charge in [0.25, 0.3) is 0 Å². The van der Waals surface area contributed by atoms with E-state index in [4.69, 9.17) is 4.74 Å². The highest BCUT2D eigenvalue weighted by molar-refractivity contribution is 9.10. The molecule has 0 aliphatic carbocycles. The zero-order valence-corrected chi connectivity index (χ0v) is 8.19. The zero-order valence-electron chi connectivity index (χ0n) is 6.60. The van der Waals surface area contributed by atoms with Crippen molar-refractivity contribution in [1.29, 1.82) is 0 Å². The second-order valence-corrected chi connectivity index (χ2v) is 3.91. The second-order valence-electron chi connectivity index (χ2n) is 3.12. The Bertz CT molecular complexity index is 320. The van der Waals surface area contributed by atoms with E-state index in [0.29, 0.717) is 11.1 Å². The molecule has 2 rings (SSSR count). The van der Waals surface area contributed by atoms with Gasteiger partial charge in [-0.25, -0.2) is 4.39 Å². The normalized spacial score (nSPS) is 27.2. The molecule has 0 spiro atoms. The fourth-order valence-electron chi connectivity index (χ4n) is 1.18. The lowest BCUT2D eigenvalue weighted by Gasteiger charge is -2.07. The van der Waals surface area contributed by atoms with E-state index in [2.05, 4.69) is 15.9 Å². The molecular weight excluding hydrogens is 223 g/mol. The fraction of sp³-hybridized carbons (Fsp3) is 0.333. The van der Waals surface area contributed by atoms with Gasteiger partial charge in [0.05, 0.1) is 11.1 Å². The Kier molecular flexibility index (Phi) is 1.73. The summed E-state index contributed by atoms with van der Waals surface area (Å²) in [5.74, 6) is -0.232. The topological polar surface area (TPSA) is 12.5 Å². The molecule has 1 nitrogen and oxygen atoms in total. The van der Waals surface area contributed by atoms with Crippen molar-refractivity contribution < 1.29 is 9.13 Å². The fourth-order valence-corrected chi connectivity index (χ4v) is 1.86. The summed E-state index contributed by atoms with van der Waals surface area (Å²) in [6.07, 6.45) is 0. The van der Waals surface area contributed by atoms with Crippen LogP contribution in [-0.4, -0.2) is 6.61 Å². The summed E-state index contributed by atoms with van der Waals surface area (Å²) in [5, 5.41) is 0. The molecule has 0 aromatic heterocycles. The lowest BCUT2D eigenvalue weighted by molar-refractivity contribution is 0.327. The van der Waals surface area contributed by atoms with Crippen molar-refractivity contribution in [2.75, 3.05) is 6.61 Å². The third-order valence-electron chi connectivity index (χ3n) is 2.10. The van der Waals surface area contributed by atoms with Gasteiger partial charge in [-0.2, -0.15) is 0 Å². The van der Waals surface area contributed by atoms with Crippen LogP contribution in [-0.2, 0) is 10.3 Å². The number of rotatable bonds is 1. The maximum absolute atomic E-state index is 13.0. The molecule has 0 saturated carbocycles. The van der Waals surface area contributed by atoms with Gasteiger partial charge in [-0.1, -0.05) is 12.1 Å². The summed E-state index contributed by atoms with van der Waals surface area (Å²) in [5.41, 5.74) is 0.628. The van der Waals surface area contributed by atoms with E-state index >= 15 is 0 Å². The predicted octanol–water partition coefficient (Wildman–Crippen LogP) is 2.83. The number of hydrogen-bond donors (Lipinski definition) is 0. The zero-order chi connectivity index (χ0) is 8.77. The highest BCUT2D eigenvalue weighted by Crippen LogP contribution is 2.42. The first-order chi connectivity index (χ1) is 5.63. The van der Waals surface area contributed by atoms with E-state index < -0.39 is 0 Å². The third-order valence-corrected chi connectivity index (χ3v) is 2.90. The van der Waals surface area contributed by atoms with Gasteiger partial charge < -0.3 is 4.74 Å². The molecule has 0 amide bonds. The lowest BCUT2D eigenvalue weighted by Crippen LogP contribution is -2.03. The molecule has 1 heterocycles. The van der Waals surface area contributed by atoms with Gasteiger partial charge in [-0.3, -0.25) is 0 Å². The molecule has 1 unspecified atom stereocenters. The van der Waals surface area contributed by atoms with Crippen LogP contribution >= 0.6 is 15.9 Å². The minimum atomic E-state index is -0.263. The van der Waals surface area contributed by atoms with Crippen LogP contribution in [0.5, 0.6) is 0 Å². The number of halogens is 2. The molecule has 12 heavy (non-hydrogen) atoms. The Hall–Kier alpha value is -0.410. The molecule has 1 aromatic carbocycles. The number of hydrogen-bond acceptors (Lipinski definition) is 1. The maximum Gasteiger partial charge on any atom is 0.137 e. The van der Waals surface area contributed by atoms with Gasteiger partial charge in [-0.15, -0.1) is 0 Å². The van der Waals surface area contributed by atoms with Crippen LogP contribution in [0.2, 0.25) is 0 Å². The highest BCUT2D eigenvalue weighted by atomic mass is 79.9. The van der Waals surface area contributed by atoms with E-state index in [-0.39, 0.29) is 11.4 Å². The third kappa shape index (κ3) is 1.17. The van der Waals surface area contributed by atoms with E-state index in [1.807, 2.05) is 13.0 Å². The molecule has 1 saturated heterocycles. The summed E-state index contributed by atoms with van der Waals surface area (Å²) in [6, 6.07) is 5.00. The Morgan fingerprint density at radius 2 is 2.25 bits per heavy atom. The first-order valence-electron chi connectivity index (χ1n) is 3.72. The van der Waals surface area contributed by atoms with Crippen molar-refractivity contribution in [3.63, 3.8) is 0 Å². The van der Waals surface area contributed by atoms with Gasteiger partial charge in [0.2, 0.25) is 0 Å². The minimum Gasteiger partial charge on any atom is -0.365 e. The van der Waals surface area contributed by atoms with E-state index in [1.165, 1.54) is 6.07 Å². The van der Waals surface area contributed by atoms with Crippen LogP contribution in [0, 0.1) is 5.82 Å². The molecule has 1 aromatic rings. The van der Waals surface area contributed by atoms with E-state index in [9.17, 15) is 4.39 Å². The van der Waals surface area contributed by atoms with Crippen LogP contribution in [0.3, 0.4) is 0 Å². The van der Waals surface area contributed by atoms with Crippen LogP contribution < -0.4 is 0 Å². The van der Waals surface area contributed by atoms with Crippen molar-refractivity contribution >= 4 is 15.9 Å². The smallest absolute Gasteiger partial charge is 0.137 e. The molecule has 3 heteroatoms. The van der Waals surface area contributed by atoms with Crippen LogP contribution in [0.1, 0.15) is 12.5 Å². The van der Waals surface area contributed by atoms with Gasteiger partial charge in [0.1, 0.15) is 11.4 Å². The monoisotopic (exact) mass is 230 g/mol. The molecular formula is C9H8BrFO. The van der Waals surface area contributed by atoms with Gasteiger partial charge in [0.15, 0.2) is 0 Å². The standard InChI is InChI=1S/C9H8BrFO/c1-9(5-12-9)6-3-2-4-7(11)8(6)10/h2-4H,5H2,1H3. The SMILES string of the molecule is CC1(c2cccc(F)c2Br)CO1. The minimum absolute atomic E-state index is 0.232. The van der Waals surface area contributed by atoms with E-state index in [1.54, 1.807) is 6.07 Å².